The van der Waals surface area contributed by atoms with Crippen LogP contribution in [-0.2, 0) is 0 Å². The molecule has 0 spiro atoms. The third-order valence-electron chi connectivity index (χ3n) is 2.98. The van der Waals surface area contributed by atoms with Crippen LogP contribution >= 0.6 is 11.3 Å². The summed E-state index contributed by atoms with van der Waals surface area (Å²) in [5.74, 6) is -0.287. The van der Waals surface area contributed by atoms with E-state index in [0.29, 0.717) is 10.4 Å². The molecule has 0 saturated heterocycles. The molecule has 0 saturated carbocycles. The molecule has 0 aliphatic carbocycles. The molecule has 2 aromatic carbocycles. The number of rotatable bonds is 2. The van der Waals surface area contributed by atoms with Crippen LogP contribution in [0.4, 0.5) is 4.39 Å². The molecule has 3 rings (SSSR count). The van der Waals surface area contributed by atoms with E-state index in [1.165, 1.54) is 23.5 Å². The van der Waals surface area contributed by atoms with Gasteiger partial charge in [-0.1, -0.05) is 23.8 Å². The highest BCUT2D eigenvalue weighted by molar-refractivity contribution is 7.21. The van der Waals surface area contributed by atoms with E-state index in [2.05, 4.69) is 0 Å². The maximum atomic E-state index is 13.1. The number of fused-ring (bicyclic) bond motifs is 1. The largest absolute Gasteiger partial charge is 0.288 e. The minimum absolute atomic E-state index is 0.00897. The molecule has 0 unspecified atom stereocenters. The Labute approximate surface area is 114 Å². The van der Waals surface area contributed by atoms with Crippen LogP contribution < -0.4 is 0 Å². The number of thiophene rings is 1. The molecule has 0 bridgehead atoms. The molecular formula is C16H11FOS. The number of hydrogen-bond donors (Lipinski definition) is 0. The quantitative estimate of drug-likeness (QED) is 0.623. The summed E-state index contributed by atoms with van der Waals surface area (Å²) in [4.78, 5) is 13.0. The number of hydrogen-bond acceptors (Lipinski definition) is 2. The maximum Gasteiger partial charge on any atom is 0.202 e. The number of aryl methyl sites for hydroxylation is 1. The van der Waals surface area contributed by atoms with Gasteiger partial charge in [-0.05, 0) is 42.6 Å². The van der Waals surface area contributed by atoms with E-state index in [-0.39, 0.29) is 11.6 Å². The highest BCUT2D eigenvalue weighted by atomic mass is 32.1. The standard InChI is InChI=1S/C16H11FOS/c1-10-3-2-4-11(7-10)16(18)15-9-12-8-13(17)5-6-14(12)19-15/h2-9H,1H3. The number of ketones is 1. The SMILES string of the molecule is Cc1cccc(C(=O)c2cc3cc(F)ccc3s2)c1. The Bertz CT molecular complexity index is 773. The van der Waals surface area contributed by atoms with Gasteiger partial charge in [-0.2, -0.15) is 0 Å². The Hall–Kier alpha value is -2.00. The molecule has 19 heavy (non-hydrogen) atoms. The predicted molar refractivity (Wildman–Crippen MR) is 76.4 cm³/mol. The third kappa shape index (κ3) is 2.29. The third-order valence-corrected chi connectivity index (χ3v) is 4.10. The summed E-state index contributed by atoms with van der Waals surface area (Å²) in [5, 5.41) is 0.779. The molecule has 0 amide bonds. The lowest BCUT2D eigenvalue weighted by Crippen LogP contribution is -1.98. The summed E-state index contributed by atoms with van der Waals surface area (Å²) in [6, 6.07) is 13.8. The highest BCUT2D eigenvalue weighted by Crippen LogP contribution is 2.28. The minimum Gasteiger partial charge on any atom is -0.288 e. The van der Waals surface area contributed by atoms with Crippen molar-refractivity contribution >= 4 is 27.2 Å². The normalized spacial score (nSPS) is 10.8. The Morgan fingerprint density at radius 1 is 1.11 bits per heavy atom. The van der Waals surface area contributed by atoms with Crippen molar-refractivity contribution in [2.24, 2.45) is 0 Å². The monoisotopic (exact) mass is 270 g/mol. The van der Waals surface area contributed by atoms with Gasteiger partial charge < -0.3 is 0 Å². The van der Waals surface area contributed by atoms with Crippen LogP contribution in [0.2, 0.25) is 0 Å². The summed E-state index contributed by atoms with van der Waals surface area (Å²) in [6.45, 7) is 1.96. The van der Waals surface area contributed by atoms with Gasteiger partial charge in [-0.3, -0.25) is 4.79 Å². The van der Waals surface area contributed by atoms with Crippen molar-refractivity contribution in [2.75, 3.05) is 0 Å². The average molecular weight is 270 g/mol. The summed E-state index contributed by atoms with van der Waals surface area (Å²) in [6.07, 6.45) is 0. The minimum atomic E-state index is -0.278. The fraction of sp³-hybridized carbons (Fsp3) is 0.0625. The molecule has 0 aliphatic rings. The number of halogens is 1. The Balaban J connectivity index is 2.06. The Kier molecular flexibility index (Phi) is 2.91. The Morgan fingerprint density at radius 3 is 2.74 bits per heavy atom. The first-order valence-corrected chi connectivity index (χ1v) is 6.75. The van der Waals surface area contributed by atoms with E-state index in [9.17, 15) is 9.18 Å². The summed E-state index contributed by atoms with van der Waals surface area (Å²) >= 11 is 1.40. The lowest BCUT2D eigenvalue weighted by atomic mass is 10.1. The second-order valence-electron chi connectivity index (χ2n) is 4.49. The van der Waals surface area contributed by atoms with Gasteiger partial charge >= 0.3 is 0 Å². The number of carbonyl (C=O) groups excluding carboxylic acids is 1. The zero-order chi connectivity index (χ0) is 13.4. The van der Waals surface area contributed by atoms with Crippen molar-refractivity contribution < 1.29 is 9.18 Å². The molecule has 94 valence electrons. The lowest BCUT2D eigenvalue weighted by molar-refractivity contribution is 0.104. The fourth-order valence-electron chi connectivity index (χ4n) is 2.05. The van der Waals surface area contributed by atoms with E-state index >= 15 is 0 Å². The van der Waals surface area contributed by atoms with Gasteiger partial charge in [-0.15, -0.1) is 11.3 Å². The molecule has 1 aromatic heterocycles. The molecule has 0 fully saturated rings. The van der Waals surface area contributed by atoms with Crippen molar-refractivity contribution in [2.45, 2.75) is 6.92 Å². The van der Waals surface area contributed by atoms with E-state index in [1.54, 1.807) is 18.2 Å². The highest BCUT2D eigenvalue weighted by Gasteiger charge is 2.13. The van der Waals surface area contributed by atoms with Crippen LogP contribution in [0, 0.1) is 12.7 Å². The van der Waals surface area contributed by atoms with E-state index < -0.39 is 0 Å². The van der Waals surface area contributed by atoms with Crippen LogP contribution in [0.3, 0.4) is 0 Å². The molecule has 0 N–H and O–H groups in total. The first-order valence-electron chi connectivity index (χ1n) is 5.94. The number of carbonyl (C=O) groups is 1. The second kappa shape index (κ2) is 4.59. The fourth-order valence-corrected chi connectivity index (χ4v) is 3.06. The lowest BCUT2D eigenvalue weighted by Gasteiger charge is -1.98. The maximum absolute atomic E-state index is 13.1. The van der Waals surface area contributed by atoms with Crippen molar-refractivity contribution in [3.05, 3.63) is 70.4 Å². The van der Waals surface area contributed by atoms with E-state index in [4.69, 9.17) is 0 Å². The van der Waals surface area contributed by atoms with Crippen molar-refractivity contribution in [1.29, 1.82) is 0 Å². The molecule has 1 nitrogen and oxygen atoms in total. The van der Waals surface area contributed by atoms with Crippen molar-refractivity contribution in [3.8, 4) is 0 Å². The molecule has 0 radical (unpaired) electrons. The molecule has 0 atom stereocenters. The van der Waals surface area contributed by atoms with Gasteiger partial charge in [0.15, 0.2) is 0 Å². The molecular weight excluding hydrogens is 259 g/mol. The number of benzene rings is 2. The van der Waals surface area contributed by atoms with Crippen LogP contribution in [0.15, 0.2) is 48.5 Å². The summed E-state index contributed by atoms with van der Waals surface area (Å²) < 4.78 is 14.1. The zero-order valence-electron chi connectivity index (χ0n) is 10.3. The first kappa shape index (κ1) is 12.1. The van der Waals surface area contributed by atoms with Crippen LogP contribution in [0.1, 0.15) is 20.8 Å². The summed E-state index contributed by atoms with van der Waals surface area (Å²) in [7, 11) is 0. The zero-order valence-corrected chi connectivity index (χ0v) is 11.1. The average Bonchev–Trinajstić information content (AvgIpc) is 2.80. The van der Waals surface area contributed by atoms with Crippen LogP contribution in [0.25, 0.3) is 10.1 Å². The van der Waals surface area contributed by atoms with E-state index in [0.717, 1.165) is 15.6 Å². The second-order valence-corrected chi connectivity index (χ2v) is 5.58. The van der Waals surface area contributed by atoms with Gasteiger partial charge in [-0.25, -0.2) is 4.39 Å². The van der Waals surface area contributed by atoms with Gasteiger partial charge in [0.05, 0.1) is 4.88 Å². The van der Waals surface area contributed by atoms with Crippen LogP contribution in [-0.4, -0.2) is 5.78 Å². The van der Waals surface area contributed by atoms with Crippen LogP contribution in [0.5, 0.6) is 0 Å². The van der Waals surface area contributed by atoms with Gasteiger partial charge in [0, 0.05) is 10.3 Å². The Morgan fingerprint density at radius 2 is 1.95 bits per heavy atom. The predicted octanol–water partition coefficient (Wildman–Crippen LogP) is 4.58. The topological polar surface area (TPSA) is 17.1 Å². The van der Waals surface area contributed by atoms with Gasteiger partial charge in [0.2, 0.25) is 5.78 Å². The van der Waals surface area contributed by atoms with E-state index in [1.807, 2.05) is 25.1 Å². The molecule has 3 aromatic rings. The van der Waals surface area contributed by atoms with Crippen molar-refractivity contribution in [3.63, 3.8) is 0 Å². The summed E-state index contributed by atoms with van der Waals surface area (Å²) in [5.41, 5.74) is 1.73. The van der Waals surface area contributed by atoms with Crippen molar-refractivity contribution in [1.82, 2.24) is 0 Å². The van der Waals surface area contributed by atoms with Gasteiger partial charge in [0.1, 0.15) is 5.82 Å². The molecule has 0 aliphatic heterocycles. The van der Waals surface area contributed by atoms with Gasteiger partial charge in [0.25, 0.3) is 0 Å². The first-order chi connectivity index (χ1) is 9.13. The molecule has 1 heterocycles. The smallest absolute Gasteiger partial charge is 0.202 e. The molecule has 3 heteroatoms.